The van der Waals surface area contributed by atoms with Crippen LogP contribution in [0.3, 0.4) is 0 Å². The Labute approximate surface area is 163 Å². The predicted octanol–water partition coefficient (Wildman–Crippen LogP) is 4.85. The molecule has 0 radical (unpaired) electrons. The molecule has 0 N–H and O–H groups in total. The largest absolute Gasteiger partial charge is 0.415 e. The zero-order valence-corrected chi connectivity index (χ0v) is 16.4. The molecule has 0 fully saturated rings. The molecule has 1 aliphatic rings. The molecule has 4 rings (SSSR count). The minimum atomic E-state index is -0.0141. The van der Waals surface area contributed by atoms with Gasteiger partial charge in [-0.25, -0.2) is 0 Å². The molecule has 1 amide bonds. The molecule has 26 heavy (non-hydrogen) atoms. The van der Waals surface area contributed by atoms with Gasteiger partial charge >= 0.3 is 0 Å². The van der Waals surface area contributed by atoms with Gasteiger partial charge in [0.05, 0.1) is 22.9 Å². The Morgan fingerprint density at radius 1 is 1.08 bits per heavy atom. The van der Waals surface area contributed by atoms with Crippen molar-refractivity contribution in [3.8, 4) is 0 Å². The number of nitrogens with zero attached hydrogens (tertiary/aromatic N) is 3. The first-order valence-corrected chi connectivity index (χ1v) is 11.1. The van der Waals surface area contributed by atoms with Gasteiger partial charge in [0.2, 0.25) is 11.8 Å². The Hall–Kier alpha value is -1.90. The molecular weight excluding hydrogens is 386 g/mol. The summed E-state index contributed by atoms with van der Waals surface area (Å²) in [5, 5.41) is 8.41. The van der Waals surface area contributed by atoms with Crippen LogP contribution in [0, 0.1) is 0 Å². The van der Waals surface area contributed by atoms with E-state index in [0.717, 1.165) is 21.2 Å². The summed E-state index contributed by atoms with van der Waals surface area (Å²) in [6.45, 7) is 0. The zero-order chi connectivity index (χ0) is 17.9. The Kier molecular flexibility index (Phi) is 5.23. The van der Waals surface area contributed by atoms with Crippen LogP contribution in [0.5, 0.6) is 0 Å². The molecule has 0 unspecified atom stereocenters. The number of hydrogen-bond donors (Lipinski definition) is 0. The second-order valence-corrected chi connectivity index (χ2v) is 8.33. The highest BCUT2D eigenvalue weighted by Crippen LogP contribution is 2.48. The van der Waals surface area contributed by atoms with Crippen molar-refractivity contribution < 1.29 is 9.21 Å². The molecule has 2 heterocycles. The van der Waals surface area contributed by atoms with E-state index in [9.17, 15) is 4.79 Å². The van der Waals surface area contributed by atoms with Crippen LogP contribution in [0.2, 0.25) is 0 Å². The Morgan fingerprint density at radius 3 is 2.38 bits per heavy atom. The van der Waals surface area contributed by atoms with E-state index in [1.807, 2.05) is 54.8 Å². The third-order valence-corrected chi connectivity index (χ3v) is 6.19. The number of amides is 1. The van der Waals surface area contributed by atoms with E-state index in [1.165, 1.54) is 11.8 Å². The van der Waals surface area contributed by atoms with Gasteiger partial charge in [0.15, 0.2) is 0 Å². The Balaban J connectivity index is 1.57. The smallest absolute Gasteiger partial charge is 0.277 e. The molecule has 8 heteroatoms. The van der Waals surface area contributed by atoms with Crippen molar-refractivity contribution in [3.05, 3.63) is 54.4 Å². The number of aromatic nitrogens is 2. The van der Waals surface area contributed by atoms with E-state index in [2.05, 4.69) is 10.2 Å². The lowest BCUT2D eigenvalue weighted by molar-refractivity contribution is -0.115. The zero-order valence-electron chi connectivity index (χ0n) is 13.9. The molecule has 5 nitrogen and oxygen atoms in total. The molecule has 0 spiro atoms. The maximum Gasteiger partial charge on any atom is 0.277 e. The van der Waals surface area contributed by atoms with Gasteiger partial charge in [-0.1, -0.05) is 47.8 Å². The third-order valence-electron chi connectivity index (χ3n) is 3.72. The first kappa shape index (κ1) is 17.5. The first-order valence-electron chi connectivity index (χ1n) is 7.89. The lowest BCUT2D eigenvalue weighted by Gasteiger charge is -2.30. The highest BCUT2D eigenvalue weighted by atomic mass is 32.2. The van der Waals surface area contributed by atoms with Crippen molar-refractivity contribution in [1.82, 2.24) is 10.2 Å². The molecule has 3 aromatic rings. The number of carbonyl (C=O) groups is 1. The summed E-state index contributed by atoms with van der Waals surface area (Å²) in [5.74, 6) is 1.47. The maximum absolute atomic E-state index is 13.0. The summed E-state index contributed by atoms with van der Waals surface area (Å²) < 4.78 is 5.55. The number of fused-ring (bicyclic) bond motifs is 2. The second kappa shape index (κ2) is 7.77. The summed E-state index contributed by atoms with van der Waals surface area (Å²) in [5.41, 5.74) is 1.82. The van der Waals surface area contributed by atoms with E-state index in [1.54, 1.807) is 28.4 Å². The number of benzene rings is 2. The fourth-order valence-electron chi connectivity index (χ4n) is 2.64. The van der Waals surface area contributed by atoms with E-state index in [0.29, 0.717) is 16.9 Å². The molecule has 0 saturated heterocycles. The van der Waals surface area contributed by atoms with Crippen LogP contribution in [0.1, 0.15) is 5.89 Å². The van der Waals surface area contributed by atoms with E-state index >= 15 is 0 Å². The fraction of sp³-hybridized carbons (Fsp3) is 0.167. The summed E-state index contributed by atoms with van der Waals surface area (Å²) >= 11 is 4.57. The monoisotopic (exact) mass is 401 g/mol. The highest BCUT2D eigenvalue weighted by Gasteiger charge is 2.28. The molecule has 0 aliphatic carbocycles. The van der Waals surface area contributed by atoms with Gasteiger partial charge in [0.25, 0.3) is 5.22 Å². The lowest BCUT2D eigenvalue weighted by Crippen LogP contribution is -2.29. The minimum absolute atomic E-state index is 0.0141. The first-order chi connectivity index (χ1) is 12.8. The summed E-state index contributed by atoms with van der Waals surface area (Å²) in [6, 6.07) is 15.9. The van der Waals surface area contributed by atoms with Crippen LogP contribution < -0.4 is 4.90 Å². The Morgan fingerprint density at radius 2 is 1.73 bits per heavy atom. The van der Waals surface area contributed by atoms with Gasteiger partial charge in [-0.15, -0.1) is 10.2 Å². The normalized spacial score (nSPS) is 12.6. The van der Waals surface area contributed by atoms with Crippen molar-refractivity contribution >= 4 is 52.6 Å². The van der Waals surface area contributed by atoms with E-state index in [4.69, 9.17) is 4.42 Å². The SMILES string of the molecule is CSCc1nnc(SCC(=O)N2c3ccccc3Sc3ccccc32)o1. The topological polar surface area (TPSA) is 59.2 Å². The Bertz CT molecular complexity index is 899. The van der Waals surface area contributed by atoms with Crippen LogP contribution in [0.25, 0.3) is 0 Å². The van der Waals surface area contributed by atoms with Gasteiger partial charge in [-0.2, -0.15) is 11.8 Å². The molecule has 1 aromatic heterocycles. The van der Waals surface area contributed by atoms with Crippen LogP contribution >= 0.6 is 35.3 Å². The predicted molar refractivity (Wildman–Crippen MR) is 106 cm³/mol. The molecule has 132 valence electrons. The number of carbonyl (C=O) groups excluding carboxylic acids is 1. The number of anilines is 2. The molecule has 0 bridgehead atoms. The van der Waals surface area contributed by atoms with Gasteiger partial charge in [0.1, 0.15) is 0 Å². The number of para-hydroxylation sites is 2. The van der Waals surface area contributed by atoms with Crippen molar-refractivity contribution in [2.75, 3.05) is 16.9 Å². The summed E-state index contributed by atoms with van der Waals surface area (Å²) in [4.78, 5) is 17.0. The van der Waals surface area contributed by atoms with Crippen molar-refractivity contribution in [1.29, 1.82) is 0 Å². The fourth-order valence-corrected chi connectivity index (χ4v) is 4.69. The third kappa shape index (κ3) is 3.49. The quantitative estimate of drug-likeness (QED) is 0.566. The molecule has 2 aromatic carbocycles. The second-order valence-electron chi connectivity index (χ2n) is 5.45. The molecule has 0 saturated carbocycles. The standard InChI is InChI=1S/C18H15N3O2S3/c1-24-10-16-19-20-18(23-16)25-11-17(22)21-12-6-2-4-8-14(12)26-15-9-5-3-7-13(15)21/h2-9H,10-11H2,1H3. The number of thioether (sulfide) groups is 2. The average Bonchev–Trinajstić information content (AvgIpc) is 3.12. The molecular formula is C18H15N3O2S3. The number of rotatable bonds is 5. The van der Waals surface area contributed by atoms with Crippen molar-refractivity contribution in [2.24, 2.45) is 0 Å². The van der Waals surface area contributed by atoms with Crippen LogP contribution in [-0.2, 0) is 10.5 Å². The van der Waals surface area contributed by atoms with E-state index in [-0.39, 0.29) is 11.7 Å². The van der Waals surface area contributed by atoms with E-state index < -0.39 is 0 Å². The van der Waals surface area contributed by atoms with Gasteiger partial charge in [-0.05, 0) is 30.5 Å². The minimum Gasteiger partial charge on any atom is -0.415 e. The molecule has 0 atom stereocenters. The lowest BCUT2D eigenvalue weighted by atomic mass is 10.2. The average molecular weight is 402 g/mol. The summed E-state index contributed by atoms with van der Waals surface area (Å²) in [7, 11) is 0. The number of hydrogen-bond acceptors (Lipinski definition) is 7. The van der Waals surface area contributed by atoms with Gasteiger partial charge < -0.3 is 4.42 Å². The van der Waals surface area contributed by atoms with Gasteiger partial charge in [-0.3, -0.25) is 9.69 Å². The maximum atomic E-state index is 13.0. The van der Waals surface area contributed by atoms with Crippen molar-refractivity contribution in [3.63, 3.8) is 0 Å². The van der Waals surface area contributed by atoms with Crippen LogP contribution in [0.15, 0.2) is 68.0 Å². The van der Waals surface area contributed by atoms with Gasteiger partial charge in [0, 0.05) is 9.79 Å². The van der Waals surface area contributed by atoms with Crippen LogP contribution in [-0.4, -0.2) is 28.1 Å². The highest BCUT2D eigenvalue weighted by molar-refractivity contribution is 8.00. The summed E-state index contributed by atoms with van der Waals surface area (Å²) in [6.07, 6.45) is 1.98. The molecule has 1 aliphatic heterocycles. The van der Waals surface area contributed by atoms with Crippen molar-refractivity contribution in [2.45, 2.75) is 20.8 Å². The van der Waals surface area contributed by atoms with Crippen LogP contribution in [0.4, 0.5) is 11.4 Å².